The molecule has 162 valence electrons. The Labute approximate surface area is 179 Å². The van der Waals surface area contributed by atoms with E-state index in [1.54, 1.807) is 48.5 Å². The minimum atomic E-state index is -0.463. The monoisotopic (exact) mass is 412 g/mol. The van der Waals surface area contributed by atoms with E-state index >= 15 is 0 Å². The van der Waals surface area contributed by atoms with Gasteiger partial charge in [-0.05, 0) is 74.7 Å². The van der Waals surface area contributed by atoms with Crippen LogP contribution in [0.3, 0.4) is 0 Å². The van der Waals surface area contributed by atoms with Gasteiger partial charge < -0.3 is 14.2 Å². The van der Waals surface area contributed by atoms with Crippen LogP contribution in [-0.4, -0.2) is 24.6 Å². The molecule has 0 saturated heterocycles. The van der Waals surface area contributed by atoms with E-state index in [0.717, 1.165) is 44.3 Å². The zero-order valence-electron chi connectivity index (χ0n) is 18.2. The molecular formula is C25H32O5. The quantitative estimate of drug-likeness (QED) is 0.236. The Kier molecular flexibility index (Phi) is 9.92. The lowest BCUT2D eigenvalue weighted by Gasteiger charge is -2.13. The van der Waals surface area contributed by atoms with E-state index in [0.29, 0.717) is 23.5 Å². The largest absolute Gasteiger partial charge is 0.494 e. The fraction of sp³-hybridized carbons (Fsp3) is 0.440. The smallest absolute Gasteiger partial charge is 0.343 e. The second-order valence-electron chi connectivity index (χ2n) is 7.35. The van der Waals surface area contributed by atoms with Crippen molar-refractivity contribution in [1.29, 1.82) is 0 Å². The first-order valence-corrected chi connectivity index (χ1v) is 10.8. The first kappa shape index (κ1) is 23.5. The van der Waals surface area contributed by atoms with E-state index in [1.165, 1.54) is 0 Å². The lowest BCUT2D eigenvalue weighted by Crippen LogP contribution is -2.15. The molecule has 0 amide bonds. The third kappa shape index (κ3) is 7.90. The molecule has 0 fully saturated rings. The lowest BCUT2D eigenvalue weighted by molar-refractivity contribution is 0.0319. The summed E-state index contributed by atoms with van der Waals surface area (Å²) < 4.78 is 16.4. The van der Waals surface area contributed by atoms with Crippen molar-refractivity contribution >= 4 is 11.9 Å². The first-order chi connectivity index (χ1) is 14.5. The molecule has 2 aromatic rings. The van der Waals surface area contributed by atoms with Gasteiger partial charge in [0.1, 0.15) is 11.5 Å². The van der Waals surface area contributed by atoms with Gasteiger partial charge in [0.25, 0.3) is 0 Å². The van der Waals surface area contributed by atoms with Gasteiger partial charge in [-0.3, -0.25) is 0 Å². The van der Waals surface area contributed by atoms with E-state index in [2.05, 4.69) is 13.8 Å². The molecule has 0 bridgehead atoms. The topological polar surface area (TPSA) is 61.8 Å². The average molecular weight is 413 g/mol. The maximum Gasteiger partial charge on any atom is 0.343 e. The molecule has 5 nitrogen and oxygen atoms in total. The van der Waals surface area contributed by atoms with Crippen LogP contribution in [0.1, 0.15) is 80.0 Å². The van der Waals surface area contributed by atoms with Gasteiger partial charge in [0.15, 0.2) is 0 Å². The molecular weight excluding hydrogens is 380 g/mol. The van der Waals surface area contributed by atoms with Crippen molar-refractivity contribution in [3.8, 4) is 11.5 Å². The van der Waals surface area contributed by atoms with E-state index in [-0.39, 0.29) is 12.1 Å². The Morgan fingerprint density at radius 3 is 1.93 bits per heavy atom. The lowest BCUT2D eigenvalue weighted by atomic mass is 10.1. The van der Waals surface area contributed by atoms with Crippen molar-refractivity contribution < 1.29 is 23.8 Å². The number of benzene rings is 2. The Morgan fingerprint density at radius 1 is 0.767 bits per heavy atom. The highest BCUT2D eigenvalue weighted by molar-refractivity contribution is 5.92. The van der Waals surface area contributed by atoms with Gasteiger partial charge in [-0.1, -0.05) is 33.1 Å². The molecule has 0 aliphatic carbocycles. The summed E-state index contributed by atoms with van der Waals surface area (Å²) >= 11 is 0. The van der Waals surface area contributed by atoms with Gasteiger partial charge in [-0.15, -0.1) is 0 Å². The normalized spacial score (nSPS) is 11.6. The molecule has 30 heavy (non-hydrogen) atoms. The maximum absolute atomic E-state index is 12.3. The molecule has 0 spiro atoms. The molecule has 1 atom stereocenters. The van der Waals surface area contributed by atoms with Crippen molar-refractivity contribution in [2.24, 2.45) is 0 Å². The number of carbonyl (C=O) groups is 2. The van der Waals surface area contributed by atoms with Gasteiger partial charge in [0.2, 0.25) is 0 Å². The number of rotatable bonds is 12. The summed E-state index contributed by atoms with van der Waals surface area (Å²) in [7, 11) is 0. The van der Waals surface area contributed by atoms with Crippen LogP contribution in [0.2, 0.25) is 0 Å². The molecule has 0 aliphatic heterocycles. The van der Waals surface area contributed by atoms with Crippen LogP contribution in [0, 0.1) is 0 Å². The fourth-order valence-electron chi connectivity index (χ4n) is 2.84. The van der Waals surface area contributed by atoms with Crippen LogP contribution in [0.25, 0.3) is 0 Å². The van der Waals surface area contributed by atoms with Gasteiger partial charge in [-0.25, -0.2) is 9.59 Å². The zero-order valence-corrected chi connectivity index (χ0v) is 18.2. The molecule has 0 saturated carbocycles. The second-order valence-corrected chi connectivity index (χ2v) is 7.35. The SMILES string of the molecule is CCCCCC(C)OC(=O)c1ccc(OC(=O)c2ccc(OCCCC)cc2)cc1. The zero-order chi connectivity index (χ0) is 21.8. The van der Waals surface area contributed by atoms with Gasteiger partial charge in [0.05, 0.1) is 23.8 Å². The molecule has 0 radical (unpaired) electrons. The molecule has 5 heteroatoms. The van der Waals surface area contributed by atoms with Crippen molar-refractivity contribution in [3.05, 3.63) is 59.7 Å². The Hall–Kier alpha value is -2.82. The summed E-state index contributed by atoms with van der Waals surface area (Å²) in [5.74, 6) is 0.271. The van der Waals surface area contributed by atoms with Crippen LogP contribution >= 0.6 is 0 Å². The summed E-state index contributed by atoms with van der Waals surface area (Å²) in [5, 5.41) is 0. The van der Waals surface area contributed by atoms with Gasteiger partial charge in [-0.2, -0.15) is 0 Å². The van der Waals surface area contributed by atoms with E-state index in [4.69, 9.17) is 14.2 Å². The van der Waals surface area contributed by atoms with Crippen molar-refractivity contribution in [3.63, 3.8) is 0 Å². The predicted molar refractivity (Wildman–Crippen MR) is 117 cm³/mol. The summed E-state index contributed by atoms with van der Waals surface area (Å²) in [6.07, 6.45) is 6.12. The van der Waals surface area contributed by atoms with Crippen molar-refractivity contribution in [2.75, 3.05) is 6.61 Å². The van der Waals surface area contributed by atoms with E-state index < -0.39 is 5.97 Å². The van der Waals surface area contributed by atoms with Crippen LogP contribution in [-0.2, 0) is 4.74 Å². The Bertz CT molecular complexity index is 780. The summed E-state index contributed by atoms with van der Waals surface area (Å²) in [5.41, 5.74) is 0.868. The molecule has 1 unspecified atom stereocenters. The number of esters is 2. The first-order valence-electron chi connectivity index (χ1n) is 10.8. The number of carbonyl (C=O) groups excluding carboxylic acids is 2. The van der Waals surface area contributed by atoms with Crippen molar-refractivity contribution in [1.82, 2.24) is 0 Å². The number of hydrogen-bond donors (Lipinski definition) is 0. The second kappa shape index (κ2) is 12.7. The molecule has 0 aromatic heterocycles. The highest BCUT2D eigenvalue weighted by atomic mass is 16.5. The Morgan fingerprint density at radius 2 is 1.33 bits per heavy atom. The summed E-state index contributed by atoms with van der Waals surface area (Å²) in [4.78, 5) is 24.5. The highest BCUT2D eigenvalue weighted by Gasteiger charge is 2.13. The average Bonchev–Trinajstić information content (AvgIpc) is 2.75. The number of hydrogen-bond acceptors (Lipinski definition) is 5. The molecule has 0 aliphatic rings. The van der Waals surface area contributed by atoms with Crippen LogP contribution in [0.4, 0.5) is 0 Å². The van der Waals surface area contributed by atoms with Crippen molar-refractivity contribution in [2.45, 2.75) is 65.4 Å². The molecule has 0 heterocycles. The minimum Gasteiger partial charge on any atom is -0.494 e. The van der Waals surface area contributed by atoms with Crippen LogP contribution in [0.15, 0.2) is 48.5 Å². The summed E-state index contributed by atoms with van der Waals surface area (Å²) in [6.45, 7) is 6.81. The number of ether oxygens (including phenoxy) is 3. The molecule has 2 aromatic carbocycles. The predicted octanol–water partition coefficient (Wildman–Crippen LogP) is 6.21. The van der Waals surface area contributed by atoms with Crippen LogP contribution in [0.5, 0.6) is 11.5 Å². The van der Waals surface area contributed by atoms with Gasteiger partial charge >= 0.3 is 11.9 Å². The summed E-state index contributed by atoms with van der Waals surface area (Å²) in [6, 6.07) is 13.3. The maximum atomic E-state index is 12.3. The Balaban J connectivity index is 1.85. The highest BCUT2D eigenvalue weighted by Crippen LogP contribution is 2.18. The van der Waals surface area contributed by atoms with E-state index in [9.17, 15) is 9.59 Å². The third-order valence-corrected chi connectivity index (χ3v) is 4.68. The van der Waals surface area contributed by atoms with Crippen LogP contribution < -0.4 is 9.47 Å². The third-order valence-electron chi connectivity index (χ3n) is 4.68. The molecule has 2 rings (SSSR count). The minimum absolute atomic E-state index is 0.115. The molecule has 0 N–H and O–H groups in total. The van der Waals surface area contributed by atoms with E-state index in [1.807, 2.05) is 6.92 Å². The van der Waals surface area contributed by atoms with Gasteiger partial charge in [0, 0.05) is 0 Å². The fourth-order valence-corrected chi connectivity index (χ4v) is 2.84. The number of unbranched alkanes of at least 4 members (excludes halogenated alkanes) is 3. The standard InChI is InChI=1S/C25H32O5/c1-4-6-8-9-19(3)29-24(26)20-12-16-23(17-13-20)30-25(27)21-10-14-22(15-11-21)28-18-7-5-2/h10-17,19H,4-9,18H2,1-3H3.